The van der Waals surface area contributed by atoms with Gasteiger partial charge < -0.3 is 10.2 Å². The van der Waals surface area contributed by atoms with Crippen molar-refractivity contribution in [2.75, 3.05) is 18.4 Å². The van der Waals surface area contributed by atoms with E-state index in [1.54, 1.807) is 18.6 Å². The van der Waals surface area contributed by atoms with Crippen molar-refractivity contribution in [1.29, 1.82) is 0 Å². The summed E-state index contributed by atoms with van der Waals surface area (Å²) in [7, 11) is 0. The second-order valence-corrected chi connectivity index (χ2v) is 7.13. The molecule has 1 aromatic heterocycles. The maximum absolute atomic E-state index is 12.6. The van der Waals surface area contributed by atoms with Gasteiger partial charge in [-0.2, -0.15) is 0 Å². The van der Waals surface area contributed by atoms with Crippen molar-refractivity contribution in [2.24, 2.45) is 11.8 Å². The number of aryl methyl sites for hydroxylation is 1. The van der Waals surface area contributed by atoms with Crippen LogP contribution in [0.3, 0.4) is 0 Å². The number of nitrogens with one attached hydrogen (secondary N) is 1. The van der Waals surface area contributed by atoms with Gasteiger partial charge in [0.2, 0.25) is 5.91 Å². The molecule has 4 rings (SSSR count). The molecule has 0 radical (unpaired) electrons. The number of aromatic nitrogens is 2. The monoisotopic (exact) mass is 336 g/mol. The number of hydrogen-bond donors (Lipinski definition) is 1. The number of likely N-dealkylation sites (tertiary alicyclic amines) is 1. The summed E-state index contributed by atoms with van der Waals surface area (Å²) in [5.74, 6) is 2.27. The SMILES string of the molecule is O=C(CCc1ccccc1)N1C[C@H]2CC[C@@H](Nc3cnccn3)[C@H]2C1. The lowest BCUT2D eigenvalue weighted by Crippen LogP contribution is -2.33. The van der Waals surface area contributed by atoms with Crippen molar-refractivity contribution in [3.63, 3.8) is 0 Å². The number of rotatable bonds is 5. The van der Waals surface area contributed by atoms with E-state index >= 15 is 0 Å². The van der Waals surface area contributed by atoms with Crippen molar-refractivity contribution in [2.45, 2.75) is 31.7 Å². The van der Waals surface area contributed by atoms with Gasteiger partial charge in [-0.05, 0) is 30.7 Å². The van der Waals surface area contributed by atoms with Gasteiger partial charge in [-0.15, -0.1) is 0 Å². The third-order valence-corrected chi connectivity index (χ3v) is 5.58. The second kappa shape index (κ2) is 7.21. The van der Waals surface area contributed by atoms with Crippen LogP contribution in [0.15, 0.2) is 48.9 Å². The zero-order chi connectivity index (χ0) is 17.1. The lowest BCUT2D eigenvalue weighted by atomic mass is 9.98. The molecule has 1 saturated heterocycles. The summed E-state index contributed by atoms with van der Waals surface area (Å²) in [5, 5.41) is 3.52. The summed E-state index contributed by atoms with van der Waals surface area (Å²) in [6, 6.07) is 10.6. The quantitative estimate of drug-likeness (QED) is 0.912. The molecule has 5 nitrogen and oxygen atoms in total. The van der Waals surface area contributed by atoms with Crippen LogP contribution in [-0.2, 0) is 11.2 Å². The van der Waals surface area contributed by atoms with Crippen molar-refractivity contribution in [1.82, 2.24) is 14.9 Å². The average molecular weight is 336 g/mol. The predicted molar refractivity (Wildman–Crippen MR) is 97.0 cm³/mol. The molecule has 130 valence electrons. The fraction of sp³-hybridized carbons (Fsp3) is 0.450. The van der Waals surface area contributed by atoms with Gasteiger partial charge in [0.1, 0.15) is 5.82 Å². The van der Waals surface area contributed by atoms with E-state index in [1.165, 1.54) is 12.0 Å². The summed E-state index contributed by atoms with van der Waals surface area (Å²) in [4.78, 5) is 23.1. The highest BCUT2D eigenvalue weighted by Crippen LogP contribution is 2.39. The number of anilines is 1. The standard InChI is InChI=1S/C20H24N4O/c25-20(9-6-15-4-2-1-3-5-15)24-13-16-7-8-18(17(16)14-24)23-19-12-21-10-11-22-19/h1-5,10-12,16-18H,6-9,13-14H2,(H,22,23)/t16-,17+,18-/m1/s1. The summed E-state index contributed by atoms with van der Waals surface area (Å²) in [6.07, 6.45) is 8.93. The summed E-state index contributed by atoms with van der Waals surface area (Å²) in [6.45, 7) is 1.78. The predicted octanol–water partition coefficient (Wildman–Crippen LogP) is 2.76. The highest BCUT2D eigenvalue weighted by molar-refractivity contribution is 5.76. The molecule has 1 saturated carbocycles. The molecular formula is C20H24N4O. The van der Waals surface area contributed by atoms with E-state index in [0.29, 0.717) is 24.3 Å². The lowest BCUT2D eigenvalue weighted by molar-refractivity contribution is -0.130. The van der Waals surface area contributed by atoms with E-state index in [2.05, 4.69) is 32.3 Å². The molecule has 5 heteroatoms. The molecule has 0 spiro atoms. The zero-order valence-electron chi connectivity index (χ0n) is 14.3. The van der Waals surface area contributed by atoms with E-state index in [9.17, 15) is 4.79 Å². The van der Waals surface area contributed by atoms with E-state index in [0.717, 1.165) is 31.7 Å². The van der Waals surface area contributed by atoms with Gasteiger partial charge in [0, 0.05) is 43.9 Å². The molecule has 1 aliphatic carbocycles. The molecule has 2 heterocycles. The van der Waals surface area contributed by atoms with Crippen LogP contribution in [0.2, 0.25) is 0 Å². The maximum Gasteiger partial charge on any atom is 0.222 e. The molecule has 1 aliphatic heterocycles. The van der Waals surface area contributed by atoms with Gasteiger partial charge in [0.05, 0.1) is 6.20 Å². The smallest absolute Gasteiger partial charge is 0.222 e. The van der Waals surface area contributed by atoms with Gasteiger partial charge in [0.25, 0.3) is 0 Å². The highest BCUT2D eigenvalue weighted by Gasteiger charge is 2.43. The Labute approximate surface area is 148 Å². The Morgan fingerprint density at radius 3 is 2.84 bits per heavy atom. The Hall–Kier alpha value is -2.43. The highest BCUT2D eigenvalue weighted by atomic mass is 16.2. The minimum atomic E-state index is 0.288. The summed E-state index contributed by atoms with van der Waals surface area (Å²) in [5.41, 5.74) is 1.23. The third-order valence-electron chi connectivity index (χ3n) is 5.58. The zero-order valence-corrected chi connectivity index (χ0v) is 14.3. The Morgan fingerprint density at radius 2 is 2.04 bits per heavy atom. The van der Waals surface area contributed by atoms with Crippen LogP contribution >= 0.6 is 0 Å². The normalized spacial score (nSPS) is 25.0. The molecular weight excluding hydrogens is 312 g/mol. The van der Waals surface area contributed by atoms with Crippen LogP contribution in [0, 0.1) is 11.8 Å². The van der Waals surface area contributed by atoms with Crippen LogP contribution in [0.25, 0.3) is 0 Å². The largest absolute Gasteiger partial charge is 0.366 e. The Balaban J connectivity index is 1.32. The first-order chi connectivity index (χ1) is 12.3. The van der Waals surface area contributed by atoms with Crippen molar-refractivity contribution < 1.29 is 4.79 Å². The fourth-order valence-electron chi connectivity index (χ4n) is 4.27. The summed E-state index contributed by atoms with van der Waals surface area (Å²) < 4.78 is 0. The van der Waals surface area contributed by atoms with Gasteiger partial charge in [0.15, 0.2) is 0 Å². The molecule has 1 N–H and O–H groups in total. The number of carbonyl (C=O) groups is 1. The lowest BCUT2D eigenvalue weighted by Gasteiger charge is -2.22. The summed E-state index contributed by atoms with van der Waals surface area (Å²) >= 11 is 0. The topological polar surface area (TPSA) is 58.1 Å². The Kier molecular flexibility index (Phi) is 4.63. The van der Waals surface area contributed by atoms with Crippen LogP contribution in [-0.4, -0.2) is 39.9 Å². The molecule has 0 unspecified atom stereocenters. The minimum Gasteiger partial charge on any atom is -0.366 e. The van der Waals surface area contributed by atoms with Crippen molar-refractivity contribution in [3.05, 3.63) is 54.5 Å². The molecule has 1 aromatic carbocycles. The van der Waals surface area contributed by atoms with E-state index in [-0.39, 0.29) is 5.91 Å². The van der Waals surface area contributed by atoms with Crippen LogP contribution < -0.4 is 5.32 Å². The maximum atomic E-state index is 12.6. The number of hydrogen-bond acceptors (Lipinski definition) is 4. The van der Waals surface area contributed by atoms with Crippen LogP contribution in [0.4, 0.5) is 5.82 Å². The Morgan fingerprint density at radius 1 is 1.16 bits per heavy atom. The molecule has 2 aliphatic rings. The molecule has 25 heavy (non-hydrogen) atoms. The molecule has 0 bridgehead atoms. The van der Waals surface area contributed by atoms with Crippen LogP contribution in [0.5, 0.6) is 0 Å². The fourth-order valence-corrected chi connectivity index (χ4v) is 4.27. The van der Waals surface area contributed by atoms with E-state index in [1.807, 2.05) is 18.2 Å². The molecule has 2 fully saturated rings. The first-order valence-electron chi connectivity index (χ1n) is 9.14. The van der Waals surface area contributed by atoms with Gasteiger partial charge in [-0.3, -0.25) is 9.78 Å². The van der Waals surface area contributed by atoms with Crippen molar-refractivity contribution >= 4 is 11.7 Å². The van der Waals surface area contributed by atoms with Crippen LogP contribution in [0.1, 0.15) is 24.8 Å². The third kappa shape index (κ3) is 3.65. The average Bonchev–Trinajstić information content (AvgIpc) is 3.24. The van der Waals surface area contributed by atoms with E-state index < -0.39 is 0 Å². The molecule has 1 amide bonds. The number of amides is 1. The molecule has 3 atom stereocenters. The number of carbonyl (C=O) groups excluding carboxylic acids is 1. The first kappa shape index (κ1) is 16.1. The number of nitrogens with zero attached hydrogens (tertiary/aromatic N) is 3. The Bertz CT molecular complexity index is 706. The van der Waals surface area contributed by atoms with Gasteiger partial charge >= 0.3 is 0 Å². The number of benzene rings is 1. The van der Waals surface area contributed by atoms with Gasteiger partial charge in [-0.25, -0.2) is 4.98 Å². The molecule has 2 aromatic rings. The second-order valence-electron chi connectivity index (χ2n) is 7.13. The first-order valence-corrected chi connectivity index (χ1v) is 9.14. The van der Waals surface area contributed by atoms with E-state index in [4.69, 9.17) is 0 Å². The minimum absolute atomic E-state index is 0.288. The number of fused-ring (bicyclic) bond motifs is 1. The van der Waals surface area contributed by atoms with Crippen molar-refractivity contribution in [3.8, 4) is 0 Å². The van der Waals surface area contributed by atoms with Gasteiger partial charge in [-0.1, -0.05) is 30.3 Å².